The maximum atomic E-state index is 12.9. The quantitative estimate of drug-likeness (QED) is 0.463. The van der Waals surface area contributed by atoms with E-state index in [9.17, 15) is 18.5 Å². The second kappa shape index (κ2) is 7.58. The highest BCUT2D eigenvalue weighted by Gasteiger charge is 2.29. The fraction of sp³-hybridized carbons (Fsp3) is 0.211. The third-order valence-corrected chi connectivity index (χ3v) is 7.11. The van der Waals surface area contributed by atoms with Gasteiger partial charge in [0.25, 0.3) is 5.69 Å². The molecule has 1 aliphatic heterocycles. The van der Waals surface area contributed by atoms with Gasteiger partial charge in [0.1, 0.15) is 0 Å². The molecule has 0 bridgehead atoms. The Balaban J connectivity index is 1.59. The number of hydrogen-bond acceptors (Lipinski definition) is 6. The molecular formula is C19H17ClN4O4S. The van der Waals surface area contributed by atoms with Crippen molar-refractivity contribution in [1.29, 1.82) is 0 Å². The minimum absolute atomic E-state index is 0.000907. The molecule has 0 atom stereocenters. The Morgan fingerprint density at radius 2 is 1.79 bits per heavy atom. The Labute approximate surface area is 172 Å². The summed E-state index contributed by atoms with van der Waals surface area (Å²) in [4.78, 5) is 17.1. The van der Waals surface area contributed by atoms with Crippen LogP contribution in [0, 0.1) is 10.1 Å². The van der Waals surface area contributed by atoms with Gasteiger partial charge in [0.05, 0.1) is 15.2 Å². The van der Waals surface area contributed by atoms with Crippen molar-refractivity contribution in [1.82, 2.24) is 9.29 Å². The zero-order valence-electron chi connectivity index (χ0n) is 15.2. The van der Waals surface area contributed by atoms with Crippen LogP contribution in [0.3, 0.4) is 0 Å². The minimum Gasteiger partial charge on any atom is -0.368 e. The molecule has 0 amide bonds. The maximum absolute atomic E-state index is 12.9. The van der Waals surface area contributed by atoms with Crippen LogP contribution in [0.4, 0.5) is 11.4 Å². The fourth-order valence-corrected chi connectivity index (χ4v) is 5.26. The Morgan fingerprint density at radius 3 is 2.48 bits per heavy atom. The van der Waals surface area contributed by atoms with Crippen LogP contribution in [0.5, 0.6) is 0 Å². The molecule has 2 aromatic carbocycles. The van der Waals surface area contributed by atoms with Gasteiger partial charge in [-0.05, 0) is 30.3 Å². The predicted molar refractivity (Wildman–Crippen MR) is 111 cm³/mol. The number of piperazine rings is 1. The topological polar surface area (TPSA) is 96.6 Å². The summed E-state index contributed by atoms with van der Waals surface area (Å²) in [5.41, 5.74) is 0.826. The number of nitrogens with zero attached hydrogens (tertiary/aromatic N) is 4. The molecule has 0 radical (unpaired) electrons. The van der Waals surface area contributed by atoms with Crippen LogP contribution < -0.4 is 4.90 Å². The van der Waals surface area contributed by atoms with Gasteiger partial charge >= 0.3 is 0 Å². The van der Waals surface area contributed by atoms with Gasteiger partial charge < -0.3 is 4.90 Å². The number of benzene rings is 2. The first kappa shape index (κ1) is 19.6. The third-order valence-electron chi connectivity index (χ3n) is 4.98. The van der Waals surface area contributed by atoms with E-state index in [1.54, 1.807) is 30.5 Å². The Hall–Kier alpha value is -2.75. The molecule has 150 valence electrons. The van der Waals surface area contributed by atoms with E-state index < -0.39 is 14.9 Å². The number of rotatable bonds is 4. The molecule has 1 saturated heterocycles. The summed E-state index contributed by atoms with van der Waals surface area (Å²) in [5, 5.41) is 12.9. The van der Waals surface area contributed by atoms with E-state index >= 15 is 0 Å². The zero-order valence-corrected chi connectivity index (χ0v) is 16.8. The number of hydrogen-bond donors (Lipinski definition) is 0. The summed E-state index contributed by atoms with van der Waals surface area (Å²) in [6, 6.07) is 11.1. The number of aromatic nitrogens is 1. The van der Waals surface area contributed by atoms with Gasteiger partial charge in [0.2, 0.25) is 10.0 Å². The average molecular weight is 433 g/mol. The van der Waals surface area contributed by atoms with E-state index in [2.05, 4.69) is 4.98 Å². The molecule has 1 aromatic heterocycles. The second-order valence-corrected chi connectivity index (χ2v) is 9.01. The Morgan fingerprint density at radius 1 is 1.03 bits per heavy atom. The third kappa shape index (κ3) is 3.64. The molecule has 0 spiro atoms. The van der Waals surface area contributed by atoms with Crippen molar-refractivity contribution in [3.63, 3.8) is 0 Å². The van der Waals surface area contributed by atoms with Gasteiger partial charge in [-0.2, -0.15) is 4.31 Å². The van der Waals surface area contributed by atoms with Crippen molar-refractivity contribution >= 4 is 43.8 Å². The summed E-state index contributed by atoms with van der Waals surface area (Å²) in [6.45, 7) is 1.54. The lowest BCUT2D eigenvalue weighted by atomic mass is 10.1. The molecular weight excluding hydrogens is 416 g/mol. The van der Waals surface area contributed by atoms with E-state index in [0.29, 0.717) is 36.6 Å². The molecule has 4 rings (SSSR count). The molecule has 1 fully saturated rings. The number of nitro groups is 1. The normalized spacial score (nSPS) is 15.6. The van der Waals surface area contributed by atoms with Gasteiger partial charge in [0.15, 0.2) is 0 Å². The number of anilines is 1. The lowest BCUT2D eigenvalue weighted by molar-refractivity contribution is -0.383. The fourth-order valence-electron chi connectivity index (χ4n) is 3.54. The van der Waals surface area contributed by atoms with Crippen molar-refractivity contribution in [2.75, 3.05) is 31.1 Å². The Kier molecular flexibility index (Phi) is 5.12. The lowest BCUT2D eigenvalue weighted by Crippen LogP contribution is -2.48. The van der Waals surface area contributed by atoms with E-state index in [1.807, 2.05) is 4.90 Å². The van der Waals surface area contributed by atoms with E-state index in [-0.39, 0.29) is 10.6 Å². The van der Waals surface area contributed by atoms with Crippen LogP contribution in [-0.4, -0.2) is 48.8 Å². The summed E-state index contributed by atoms with van der Waals surface area (Å²) in [7, 11) is -3.63. The molecule has 29 heavy (non-hydrogen) atoms. The predicted octanol–water partition coefficient (Wildman–Crippen LogP) is 3.31. The van der Waals surface area contributed by atoms with Gasteiger partial charge in [-0.1, -0.05) is 17.7 Å². The number of nitro benzene ring substituents is 1. The van der Waals surface area contributed by atoms with Gasteiger partial charge in [0, 0.05) is 60.7 Å². The second-order valence-electron chi connectivity index (χ2n) is 6.63. The molecule has 2 heterocycles. The van der Waals surface area contributed by atoms with Crippen LogP contribution in [0.25, 0.3) is 10.8 Å². The number of halogens is 1. The summed E-state index contributed by atoms with van der Waals surface area (Å²) >= 11 is 5.94. The summed E-state index contributed by atoms with van der Waals surface area (Å²) < 4.78 is 27.2. The summed E-state index contributed by atoms with van der Waals surface area (Å²) in [6.07, 6.45) is 3.08. The van der Waals surface area contributed by atoms with E-state index in [4.69, 9.17) is 11.6 Å². The lowest BCUT2D eigenvalue weighted by Gasteiger charge is -2.35. The van der Waals surface area contributed by atoms with Gasteiger partial charge in [-0.3, -0.25) is 15.1 Å². The average Bonchev–Trinajstić information content (AvgIpc) is 2.73. The molecule has 0 unspecified atom stereocenters. The van der Waals surface area contributed by atoms with E-state index in [1.165, 1.54) is 28.7 Å². The molecule has 0 saturated carbocycles. The number of sulfonamides is 1. The van der Waals surface area contributed by atoms with Crippen LogP contribution >= 0.6 is 11.6 Å². The highest BCUT2D eigenvalue weighted by molar-refractivity contribution is 7.89. The minimum atomic E-state index is -3.63. The molecule has 3 aromatic rings. The highest BCUT2D eigenvalue weighted by atomic mass is 35.5. The first-order valence-corrected chi connectivity index (χ1v) is 10.7. The van der Waals surface area contributed by atoms with Crippen molar-refractivity contribution in [3.8, 4) is 0 Å². The Bertz CT molecular complexity index is 1190. The highest BCUT2D eigenvalue weighted by Crippen LogP contribution is 2.33. The van der Waals surface area contributed by atoms with Gasteiger partial charge in [-0.15, -0.1) is 0 Å². The van der Waals surface area contributed by atoms with Crippen LogP contribution in [0.2, 0.25) is 5.02 Å². The van der Waals surface area contributed by atoms with Crippen molar-refractivity contribution in [3.05, 3.63) is 70.0 Å². The first-order chi connectivity index (χ1) is 13.9. The SMILES string of the molecule is O=[N+]([O-])c1ccc(N2CCN(S(=O)(=O)c3cccc(Cl)c3)CC2)c2ccncc12. The zero-order chi connectivity index (χ0) is 20.6. The summed E-state index contributed by atoms with van der Waals surface area (Å²) in [5.74, 6) is 0. The largest absolute Gasteiger partial charge is 0.368 e. The van der Waals surface area contributed by atoms with Crippen molar-refractivity contribution in [2.45, 2.75) is 4.90 Å². The molecule has 8 nitrogen and oxygen atoms in total. The smallest absolute Gasteiger partial charge is 0.278 e. The van der Waals surface area contributed by atoms with Crippen molar-refractivity contribution in [2.24, 2.45) is 0 Å². The van der Waals surface area contributed by atoms with Crippen LogP contribution in [0.1, 0.15) is 0 Å². The van der Waals surface area contributed by atoms with E-state index in [0.717, 1.165) is 11.1 Å². The molecule has 0 N–H and O–H groups in total. The number of fused-ring (bicyclic) bond motifs is 1. The van der Waals surface area contributed by atoms with Crippen LogP contribution in [-0.2, 0) is 10.0 Å². The molecule has 1 aliphatic rings. The monoisotopic (exact) mass is 432 g/mol. The number of pyridine rings is 1. The van der Waals surface area contributed by atoms with Crippen LogP contribution in [0.15, 0.2) is 59.8 Å². The number of non-ortho nitro benzene ring substituents is 1. The maximum Gasteiger partial charge on any atom is 0.278 e. The molecule has 0 aliphatic carbocycles. The molecule has 10 heteroatoms. The first-order valence-electron chi connectivity index (χ1n) is 8.90. The van der Waals surface area contributed by atoms with Crippen molar-refractivity contribution < 1.29 is 13.3 Å². The van der Waals surface area contributed by atoms with Gasteiger partial charge in [-0.25, -0.2) is 8.42 Å². The standard InChI is InChI=1S/C19H17ClN4O4S/c20-14-2-1-3-15(12-14)29(27,28)23-10-8-22(9-11-23)18-4-5-19(24(25)26)17-13-21-7-6-16(17)18/h1-7,12-13H,8-11H2.